The number of halogens is 2. The van der Waals surface area contributed by atoms with Gasteiger partial charge in [-0.05, 0) is 31.0 Å². The summed E-state index contributed by atoms with van der Waals surface area (Å²) < 4.78 is 31.2. The number of rotatable bonds is 2. The van der Waals surface area contributed by atoms with Crippen LogP contribution in [-0.4, -0.2) is 12.4 Å². The third-order valence-corrected chi connectivity index (χ3v) is 2.40. The van der Waals surface area contributed by atoms with Crippen LogP contribution in [0.3, 0.4) is 0 Å². The summed E-state index contributed by atoms with van der Waals surface area (Å²) in [5.74, 6) is -1.84. The van der Waals surface area contributed by atoms with Gasteiger partial charge < -0.3 is 4.74 Å². The van der Waals surface area contributed by atoms with Gasteiger partial charge in [0.2, 0.25) is 0 Å². The summed E-state index contributed by atoms with van der Waals surface area (Å²) in [5.41, 5.74) is 0.146. The van der Waals surface area contributed by atoms with Crippen molar-refractivity contribution in [3.8, 4) is 0 Å². The molecule has 4 heteroatoms. The summed E-state index contributed by atoms with van der Waals surface area (Å²) in [6.45, 7) is 0.558. The molecule has 0 bridgehead atoms. The maximum absolute atomic E-state index is 13.3. The summed E-state index contributed by atoms with van der Waals surface area (Å²) >= 11 is 0. The Morgan fingerprint density at radius 2 is 2.12 bits per heavy atom. The van der Waals surface area contributed by atoms with Crippen LogP contribution in [0.4, 0.5) is 8.78 Å². The zero-order valence-corrected chi connectivity index (χ0v) is 8.50. The van der Waals surface area contributed by atoms with Crippen LogP contribution in [0.15, 0.2) is 30.0 Å². The van der Waals surface area contributed by atoms with E-state index in [2.05, 4.69) is 0 Å². The molecule has 0 atom stereocenters. The molecule has 0 fully saturated rings. The molecule has 0 aliphatic carbocycles. The van der Waals surface area contributed by atoms with E-state index in [9.17, 15) is 13.6 Å². The molecule has 16 heavy (non-hydrogen) atoms. The van der Waals surface area contributed by atoms with E-state index in [0.717, 1.165) is 18.2 Å². The second-order valence-corrected chi connectivity index (χ2v) is 3.57. The minimum absolute atomic E-state index is 0.239. The Morgan fingerprint density at radius 3 is 2.81 bits per heavy atom. The molecule has 0 aromatic heterocycles. The standard InChI is InChI=1S/C12H10F2O2/c13-9-3-4-11(14)10(6-9)12(15)8-2-1-5-16-7-8/h3-4,6-7H,1-2,5H2. The van der Waals surface area contributed by atoms with Gasteiger partial charge in [0.05, 0.1) is 18.4 Å². The monoisotopic (exact) mass is 224 g/mol. The number of carbonyl (C=O) groups excluding carboxylic acids is 1. The molecule has 0 saturated carbocycles. The number of ketones is 1. The minimum Gasteiger partial charge on any atom is -0.501 e. The molecule has 84 valence electrons. The van der Waals surface area contributed by atoms with Gasteiger partial charge in [0.1, 0.15) is 11.6 Å². The number of ether oxygens (including phenoxy) is 1. The molecular formula is C12H10F2O2. The fourth-order valence-corrected chi connectivity index (χ4v) is 1.58. The second-order valence-electron chi connectivity index (χ2n) is 3.57. The minimum atomic E-state index is -0.710. The zero-order chi connectivity index (χ0) is 11.5. The first-order chi connectivity index (χ1) is 7.68. The number of hydrogen-bond donors (Lipinski definition) is 0. The molecule has 0 N–H and O–H groups in total. The molecule has 0 unspecified atom stereocenters. The highest BCUT2D eigenvalue weighted by atomic mass is 19.1. The number of allylic oxidation sites excluding steroid dienone is 1. The van der Waals surface area contributed by atoms with Crippen molar-refractivity contribution in [3.63, 3.8) is 0 Å². The maximum atomic E-state index is 13.3. The average molecular weight is 224 g/mol. The van der Waals surface area contributed by atoms with Crippen molar-refractivity contribution in [1.29, 1.82) is 0 Å². The van der Waals surface area contributed by atoms with Gasteiger partial charge in [-0.1, -0.05) is 0 Å². The van der Waals surface area contributed by atoms with E-state index in [-0.39, 0.29) is 5.56 Å². The van der Waals surface area contributed by atoms with E-state index in [1.165, 1.54) is 6.26 Å². The maximum Gasteiger partial charge on any atom is 0.195 e. The molecule has 2 rings (SSSR count). The summed E-state index contributed by atoms with van der Waals surface area (Å²) in [7, 11) is 0. The Balaban J connectivity index is 2.33. The number of Topliss-reactive ketones (excluding diaryl/α,β-unsaturated/α-hetero) is 1. The molecule has 0 radical (unpaired) electrons. The number of hydrogen-bond acceptors (Lipinski definition) is 2. The van der Waals surface area contributed by atoms with Crippen LogP contribution in [-0.2, 0) is 4.74 Å². The van der Waals surface area contributed by atoms with Gasteiger partial charge in [0.15, 0.2) is 5.78 Å². The van der Waals surface area contributed by atoms with Crippen LogP contribution in [0.25, 0.3) is 0 Å². The van der Waals surface area contributed by atoms with Gasteiger partial charge in [0, 0.05) is 5.57 Å². The van der Waals surface area contributed by atoms with Gasteiger partial charge in [0.25, 0.3) is 0 Å². The van der Waals surface area contributed by atoms with Crippen molar-refractivity contribution < 1.29 is 18.3 Å². The summed E-state index contributed by atoms with van der Waals surface area (Å²) in [6, 6.07) is 2.85. The Kier molecular flexibility index (Phi) is 2.99. The van der Waals surface area contributed by atoms with Crippen molar-refractivity contribution in [2.75, 3.05) is 6.61 Å². The average Bonchev–Trinajstić information content (AvgIpc) is 2.32. The van der Waals surface area contributed by atoms with E-state index in [0.29, 0.717) is 25.0 Å². The molecular weight excluding hydrogens is 214 g/mol. The van der Waals surface area contributed by atoms with Gasteiger partial charge in [-0.15, -0.1) is 0 Å². The second kappa shape index (κ2) is 4.43. The van der Waals surface area contributed by atoms with Crippen molar-refractivity contribution in [3.05, 3.63) is 47.2 Å². The first-order valence-corrected chi connectivity index (χ1v) is 4.99. The first-order valence-electron chi connectivity index (χ1n) is 4.99. The van der Waals surface area contributed by atoms with E-state index in [1.54, 1.807) is 0 Å². The highest BCUT2D eigenvalue weighted by Crippen LogP contribution is 2.20. The van der Waals surface area contributed by atoms with Gasteiger partial charge in [-0.3, -0.25) is 4.79 Å². The Bertz CT molecular complexity index is 452. The largest absolute Gasteiger partial charge is 0.501 e. The molecule has 0 saturated heterocycles. The van der Waals surface area contributed by atoms with E-state index in [4.69, 9.17) is 4.74 Å². The Morgan fingerprint density at radius 1 is 1.31 bits per heavy atom. The molecule has 1 aliphatic heterocycles. The lowest BCUT2D eigenvalue weighted by atomic mass is 9.99. The molecule has 1 aromatic carbocycles. The molecule has 0 spiro atoms. The van der Waals surface area contributed by atoms with Crippen LogP contribution in [0, 0.1) is 11.6 Å². The lowest BCUT2D eigenvalue weighted by Crippen LogP contribution is -2.11. The highest BCUT2D eigenvalue weighted by Gasteiger charge is 2.19. The van der Waals surface area contributed by atoms with Crippen LogP contribution >= 0.6 is 0 Å². The summed E-state index contributed by atoms with van der Waals surface area (Å²) in [4.78, 5) is 11.8. The third-order valence-electron chi connectivity index (χ3n) is 2.40. The summed E-state index contributed by atoms with van der Waals surface area (Å²) in [6.07, 6.45) is 2.58. The molecule has 1 heterocycles. The van der Waals surface area contributed by atoms with E-state index < -0.39 is 17.4 Å². The topological polar surface area (TPSA) is 26.3 Å². The van der Waals surface area contributed by atoms with Gasteiger partial charge in [-0.2, -0.15) is 0 Å². The van der Waals surface area contributed by atoms with Crippen molar-refractivity contribution in [2.24, 2.45) is 0 Å². The Labute approximate surface area is 91.5 Å². The molecule has 1 aromatic rings. The van der Waals surface area contributed by atoms with Gasteiger partial charge >= 0.3 is 0 Å². The number of carbonyl (C=O) groups is 1. The van der Waals surface area contributed by atoms with Crippen molar-refractivity contribution in [1.82, 2.24) is 0 Å². The lowest BCUT2D eigenvalue weighted by molar-refractivity contribution is 0.101. The number of benzene rings is 1. The van der Waals surface area contributed by atoms with Crippen LogP contribution < -0.4 is 0 Å². The first kappa shape index (κ1) is 10.8. The van der Waals surface area contributed by atoms with E-state index >= 15 is 0 Å². The highest BCUT2D eigenvalue weighted by molar-refractivity contribution is 6.08. The zero-order valence-electron chi connectivity index (χ0n) is 8.50. The normalized spacial score (nSPS) is 15.2. The quantitative estimate of drug-likeness (QED) is 0.722. The predicted octanol–water partition coefficient (Wildman–Crippen LogP) is 2.84. The van der Waals surface area contributed by atoms with E-state index in [1.807, 2.05) is 0 Å². The van der Waals surface area contributed by atoms with Crippen LogP contribution in [0.1, 0.15) is 23.2 Å². The van der Waals surface area contributed by atoms with Crippen LogP contribution in [0.5, 0.6) is 0 Å². The fourth-order valence-electron chi connectivity index (χ4n) is 1.58. The smallest absolute Gasteiger partial charge is 0.195 e. The Hall–Kier alpha value is -1.71. The van der Waals surface area contributed by atoms with Crippen molar-refractivity contribution in [2.45, 2.75) is 12.8 Å². The third kappa shape index (κ3) is 2.10. The van der Waals surface area contributed by atoms with Gasteiger partial charge in [-0.25, -0.2) is 8.78 Å². The fraction of sp³-hybridized carbons (Fsp3) is 0.250. The van der Waals surface area contributed by atoms with Crippen LogP contribution in [0.2, 0.25) is 0 Å². The lowest BCUT2D eigenvalue weighted by Gasteiger charge is -2.12. The molecule has 0 amide bonds. The SMILES string of the molecule is O=C(C1=COCCC1)c1cc(F)ccc1F. The molecule has 1 aliphatic rings. The predicted molar refractivity (Wildman–Crippen MR) is 54.0 cm³/mol. The summed E-state index contributed by atoms with van der Waals surface area (Å²) in [5, 5.41) is 0. The molecule has 2 nitrogen and oxygen atoms in total. The van der Waals surface area contributed by atoms with Crippen molar-refractivity contribution >= 4 is 5.78 Å².